The van der Waals surface area contributed by atoms with Crippen molar-refractivity contribution in [1.29, 1.82) is 0 Å². The third-order valence-electron chi connectivity index (χ3n) is 3.52. The van der Waals surface area contributed by atoms with Crippen molar-refractivity contribution in [1.82, 2.24) is 15.5 Å². The molecule has 5 heteroatoms. The Morgan fingerprint density at radius 1 is 1.37 bits per heavy atom. The molecule has 1 aromatic carbocycles. The van der Waals surface area contributed by atoms with E-state index in [1.807, 2.05) is 24.3 Å². The number of fused-ring (bicyclic) bond motifs is 3. The molecule has 1 aliphatic carbocycles. The van der Waals surface area contributed by atoms with E-state index < -0.39 is 0 Å². The minimum Gasteiger partial charge on any atom is -0.488 e. The number of aromatic nitrogens is 2. The van der Waals surface area contributed by atoms with E-state index in [4.69, 9.17) is 4.74 Å². The molecule has 4 rings (SSSR count). The molecule has 0 radical (unpaired) electrons. The van der Waals surface area contributed by atoms with Crippen molar-refractivity contribution in [3.05, 3.63) is 35.5 Å². The molecule has 2 aromatic rings. The molecule has 5 nitrogen and oxygen atoms in total. The highest BCUT2D eigenvalue weighted by atomic mass is 16.5. The first kappa shape index (κ1) is 10.6. The van der Waals surface area contributed by atoms with Crippen LogP contribution in [-0.4, -0.2) is 22.1 Å². The van der Waals surface area contributed by atoms with Crippen LogP contribution in [0.1, 0.15) is 28.9 Å². The largest absolute Gasteiger partial charge is 0.488 e. The van der Waals surface area contributed by atoms with Gasteiger partial charge in [0.25, 0.3) is 5.91 Å². The summed E-state index contributed by atoms with van der Waals surface area (Å²) in [6.07, 6.45) is 2.14. The fourth-order valence-corrected chi connectivity index (χ4v) is 2.34. The number of rotatable bonds is 2. The third kappa shape index (κ3) is 1.69. The quantitative estimate of drug-likeness (QED) is 0.860. The number of carbonyl (C=O) groups is 1. The monoisotopic (exact) mass is 255 g/mol. The highest BCUT2D eigenvalue weighted by Crippen LogP contribution is 2.37. The number of amides is 1. The Balaban J connectivity index is 1.74. The Morgan fingerprint density at radius 3 is 3.05 bits per heavy atom. The first-order chi connectivity index (χ1) is 9.33. The molecule has 2 N–H and O–H groups in total. The van der Waals surface area contributed by atoms with Crippen molar-refractivity contribution in [3.63, 3.8) is 0 Å². The molecule has 0 bridgehead atoms. The first-order valence-corrected chi connectivity index (χ1v) is 6.43. The van der Waals surface area contributed by atoms with E-state index in [9.17, 15) is 4.79 Å². The van der Waals surface area contributed by atoms with E-state index in [0.29, 0.717) is 18.3 Å². The van der Waals surface area contributed by atoms with Gasteiger partial charge in [-0.05, 0) is 25.0 Å². The van der Waals surface area contributed by atoms with Crippen LogP contribution in [0.4, 0.5) is 0 Å². The minimum absolute atomic E-state index is 0.0840. The average molecular weight is 255 g/mol. The van der Waals surface area contributed by atoms with E-state index in [-0.39, 0.29) is 5.91 Å². The molecular formula is C14H13N3O2. The summed E-state index contributed by atoms with van der Waals surface area (Å²) in [6, 6.07) is 8.07. The molecule has 0 saturated heterocycles. The number of H-pyrrole nitrogens is 1. The summed E-state index contributed by atoms with van der Waals surface area (Å²) >= 11 is 0. The average Bonchev–Trinajstić information content (AvgIpc) is 3.14. The highest BCUT2D eigenvalue weighted by Gasteiger charge is 2.29. The summed E-state index contributed by atoms with van der Waals surface area (Å²) in [5.41, 5.74) is 3.13. The van der Waals surface area contributed by atoms with Gasteiger partial charge in [-0.15, -0.1) is 0 Å². The number of para-hydroxylation sites is 1. The van der Waals surface area contributed by atoms with Crippen LogP contribution < -0.4 is 10.1 Å². The highest BCUT2D eigenvalue weighted by molar-refractivity contribution is 5.96. The fraction of sp³-hybridized carbons (Fsp3) is 0.286. The van der Waals surface area contributed by atoms with E-state index in [1.165, 1.54) is 0 Å². The topological polar surface area (TPSA) is 67.0 Å². The Labute approximate surface area is 110 Å². The Kier molecular flexibility index (Phi) is 2.15. The second-order valence-corrected chi connectivity index (χ2v) is 4.96. The summed E-state index contributed by atoms with van der Waals surface area (Å²) in [7, 11) is 0. The number of hydrogen-bond donors (Lipinski definition) is 2. The van der Waals surface area contributed by atoms with Crippen LogP contribution in [0.5, 0.6) is 5.75 Å². The van der Waals surface area contributed by atoms with E-state index in [0.717, 1.165) is 35.4 Å². The zero-order chi connectivity index (χ0) is 12.8. The standard InChI is InChI=1S/C14H13N3O2/c18-14(15-8-5-6-8)13-10-7-19-11-4-2-1-3-9(11)12(10)16-17-13/h1-4,8H,5-7H2,(H,15,18)(H,16,17). The van der Waals surface area contributed by atoms with Gasteiger partial charge in [-0.2, -0.15) is 5.10 Å². The van der Waals surface area contributed by atoms with Gasteiger partial charge in [0.15, 0.2) is 0 Å². The van der Waals surface area contributed by atoms with Gasteiger partial charge in [0, 0.05) is 17.2 Å². The van der Waals surface area contributed by atoms with Crippen LogP contribution in [0.15, 0.2) is 24.3 Å². The van der Waals surface area contributed by atoms with E-state index in [1.54, 1.807) is 0 Å². The van der Waals surface area contributed by atoms with Gasteiger partial charge < -0.3 is 10.1 Å². The van der Waals surface area contributed by atoms with Gasteiger partial charge in [0.2, 0.25) is 0 Å². The predicted molar refractivity (Wildman–Crippen MR) is 68.8 cm³/mol. The summed E-state index contributed by atoms with van der Waals surface area (Å²) in [6.45, 7) is 0.385. The lowest BCUT2D eigenvalue weighted by Crippen LogP contribution is -2.27. The molecule has 1 fully saturated rings. The summed E-state index contributed by atoms with van der Waals surface area (Å²) in [4.78, 5) is 12.1. The van der Waals surface area contributed by atoms with Crippen molar-refractivity contribution in [2.24, 2.45) is 0 Å². The summed E-state index contributed by atoms with van der Waals surface area (Å²) in [5, 5.41) is 10.1. The first-order valence-electron chi connectivity index (χ1n) is 6.43. The van der Waals surface area contributed by atoms with Gasteiger partial charge in [-0.3, -0.25) is 9.89 Å². The predicted octanol–water partition coefficient (Wildman–Crippen LogP) is 1.86. The smallest absolute Gasteiger partial charge is 0.269 e. The van der Waals surface area contributed by atoms with Crippen molar-refractivity contribution in [2.75, 3.05) is 0 Å². The lowest BCUT2D eigenvalue weighted by atomic mass is 10.0. The fourth-order valence-electron chi connectivity index (χ4n) is 2.34. The zero-order valence-electron chi connectivity index (χ0n) is 10.3. The van der Waals surface area contributed by atoms with Crippen LogP contribution in [0.25, 0.3) is 11.3 Å². The molecule has 0 atom stereocenters. The van der Waals surface area contributed by atoms with Crippen molar-refractivity contribution < 1.29 is 9.53 Å². The van der Waals surface area contributed by atoms with Gasteiger partial charge in [0.1, 0.15) is 23.7 Å². The molecule has 19 heavy (non-hydrogen) atoms. The lowest BCUT2D eigenvalue weighted by Gasteiger charge is -2.17. The van der Waals surface area contributed by atoms with Crippen LogP contribution in [0.3, 0.4) is 0 Å². The lowest BCUT2D eigenvalue weighted by molar-refractivity contribution is 0.0943. The molecule has 0 unspecified atom stereocenters. The van der Waals surface area contributed by atoms with Gasteiger partial charge in [0.05, 0.1) is 0 Å². The van der Waals surface area contributed by atoms with Gasteiger partial charge in [-0.25, -0.2) is 0 Å². The molecule has 0 spiro atoms. The number of nitrogens with one attached hydrogen (secondary N) is 2. The summed E-state index contributed by atoms with van der Waals surface area (Å²) < 4.78 is 5.68. The van der Waals surface area contributed by atoms with Crippen molar-refractivity contribution >= 4 is 5.91 Å². The second kappa shape index (κ2) is 3.85. The maximum Gasteiger partial charge on any atom is 0.269 e. The van der Waals surface area contributed by atoms with E-state index in [2.05, 4.69) is 15.5 Å². The molecular weight excluding hydrogens is 242 g/mol. The number of carbonyl (C=O) groups excluding carboxylic acids is 1. The molecule has 1 aromatic heterocycles. The molecule has 2 aliphatic rings. The molecule has 1 saturated carbocycles. The SMILES string of the molecule is O=C(NC1CC1)c1[nH]nc2c1COc1ccccc1-2. The van der Waals surface area contributed by atoms with Crippen LogP contribution >= 0.6 is 0 Å². The van der Waals surface area contributed by atoms with Crippen LogP contribution in [0, 0.1) is 0 Å². The zero-order valence-corrected chi connectivity index (χ0v) is 10.3. The number of benzene rings is 1. The summed E-state index contributed by atoms with van der Waals surface area (Å²) in [5.74, 6) is 0.731. The molecule has 96 valence electrons. The molecule has 2 heterocycles. The number of ether oxygens (including phenoxy) is 1. The molecule has 1 amide bonds. The Bertz CT molecular complexity index is 658. The van der Waals surface area contributed by atoms with Crippen LogP contribution in [0.2, 0.25) is 0 Å². The van der Waals surface area contributed by atoms with Crippen molar-refractivity contribution in [3.8, 4) is 17.0 Å². The molecule has 1 aliphatic heterocycles. The van der Waals surface area contributed by atoms with Crippen LogP contribution in [-0.2, 0) is 6.61 Å². The number of aromatic amines is 1. The maximum atomic E-state index is 12.1. The maximum absolute atomic E-state index is 12.1. The van der Waals surface area contributed by atoms with Gasteiger partial charge >= 0.3 is 0 Å². The Morgan fingerprint density at radius 2 is 2.21 bits per heavy atom. The van der Waals surface area contributed by atoms with Crippen molar-refractivity contribution in [2.45, 2.75) is 25.5 Å². The number of hydrogen-bond acceptors (Lipinski definition) is 3. The van der Waals surface area contributed by atoms with E-state index >= 15 is 0 Å². The number of nitrogens with zero attached hydrogens (tertiary/aromatic N) is 1. The van der Waals surface area contributed by atoms with Gasteiger partial charge in [-0.1, -0.05) is 12.1 Å². The minimum atomic E-state index is -0.0840. The Hall–Kier alpha value is -2.30. The normalized spacial score (nSPS) is 16.2. The second-order valence-electron chi connectivity index (χ2n) is 4.96. The third-order valence-corrected chi connectivity index (χ3v) is 3.52.